The third-order valence-electron chi connectivity index (χ3n) is 4.41. The predicted molar refractivity (Wildman–Crippen MR) is 118 cm³/mol. The summed E-state index contributed by atoms with van der Waals surface area (Å²) >= 11 is 1.22. The van der Waals surface area contributed by atoms with E-state index >= 15 is 0 Å². The standard InChI is InChI=1S/C21H21N7OS/c1-14-8-10-17(11-9-14)28-18(12-15(2)26-28)23-19(29)13-30-21-25-24-20(27(21)22)16-6-4-3-5-7-16/h3-12H,13,22H2,1-2H3,(H,23,29). The van der Waals surface area contributed by atoms with Crippen molar-refractivity contribution in [1.29, 1.82) is 0 Å². The van der Waals surface area contributed by atoms with Crippen LogP contribution in [-0.2, 0) is 4.79 Å². The quantitative estimate of drug-likeness (QED) is 0.367. The van der Waals surface area contributed by atoms with Gasteiger partial charge in [-0.05, 0) is 26.0 Å². The maximum atomic E-state index is 12.5. The Balaban J connectivity index is 1.44. The molecule has 0 radical (unpaired) electrons. The van der Waals surface area contributed by atoms with Crippen molar-refractivity contribution in [2.45, 2.75) is 19.0 Å². The summed E-state index contributed by atoms with van der Waals surface area (Å²) in [5.41, 5.74) is 3.71. The molecule has 0 bridgehead atoms. The van der Waals surface area contributed by atoms with Gasteiger partial charge in [0, 0.05) is 11.6 Å². The molecule has 8 nitrogen and oxygen atoms in total. The van der Waals surface area contributed by atoms with Crippen LogP contribution in [0.2, 0.25) is 0 Å². The van der Waals surface area contributed by atoms with Crippen molar-refractivity contribution < 1.29 is 4.79 Å². The minimum Gasteiger partial charge on any atom is -0.335 e. The summed E-state index contributed by atoms with van der Waals surface area (Å²) in [5.74, 6) is 7.23. The molecular weight excluding hydrogens is 398 g/mol. The Morgan fingerprint density at radius 1 is 1.07 bits per heavy atom. The number of carbonyl (C=O) groups excluding carboxylic acids is 1. The highest BCUT2D eigenvalue weighted by Gasteiger charge is 2.15. The molecule has 30 heavy (non-hydrogen) atoms. The Morgan fingerprint density at radius 3 is 2.53 bits per heavy atom. The number of aryl methyl sites for hydroxylation is 2. The highest BCUT2D eigenvalue weighted by molar-refractivity contribution is 7.99. The van der Waals surface area contributed by atoms with Crippen molar-refractivity contribution >= 4 is 23.5 Å². The zero-order valence-electron chi connectivity index (χ0n) is 16.6. The Morgan fingerprint density at radius 2 is 1.80 bits per heavy atom. The fourth-order valence-corrected chi connectivity index (χ4v) is 3.60. The van der Waals surface area contributed by atoms with Crippen LogP contribution < -0.4 is 11.2 Å². The number of thioether (sulfide) groups is 1. The average molecular weight is 420 g/mol. The van der Waals surface area contributed by atoms with E-state index in [1.54, 1.807) is 4.68 Å². The van der Waals surface area contributed by atoms with Gasteiger partial charge in [0.15, 0.2) is 5.82 Å². The zero-order valence-corrected chi connectivity index (χ0v) is 17.4. The van der Waals surface area contributed by atoms with Crippen molar-refractivity contribution in [2.75, 3.05) is 16.9 Å². The maximum Gasteiger partial charge on any atom is 0.236 e. The molecule has 0 aliphatic heterocycles. The number of nitrogens with zero attached hydrogens (tertiary/aromatic N) is 5. The van der Waals surface area contributed by atoms with Crippen LogP contribution in [0.5, 0.6) is 0 Å². The van der Waals surface area contributed by atoms with Gasteiger partial charge in [0.05, 0.1) is 17.1 Å². The highest BCUT2D eigenvalue weighted by atomic mass is 32.2. The van der Waals surface area contributed by atoms with Crippen molar-refractivity contribution in [3.63, 3.8) is 0 Å². The van der Waals surface area contributed by atoms with Crippen LogP contribution in [-0.4, -0.2) is 36.3 Å². The van der Waals surface area contributed by atoms with E-state index in [-0.39, 0.29) is 11.7 Å². The van der Waals surface area contributed by atoms with Crippen LogP contribution in [0.15, 0.2) is 65.8 Å². The molecule has 9 heteroatoms. The second-order valence-electron chi connectivity index (χ2n) is 6.80. The second-order valence-corrected chi connectivity index (χ2v) is 7.74. The Labute approximate surface area is 178 Å². The van der Waals surface area contributed by atoms with E-state index in [2.05, 4.69) is 20.6 Å². The number of amides is 1. The molecule has 0 saturated carbocycles. The van der Waals surface area contributed by atoms with Crippen LogP contribution >= 0.6 is 11.8 Å². The molecule has 0 fully saturated rings. The number of anilines is 1. The minimum atomic E-state index is -0.183. The lowest BCUT2D eigenvalue weighted by Gasteiger charge is -2.09. The van der Waals surface area contributed by atoms with Gasteiger partial charge in [-0.1, -0.05) is 59.8 Å². The number of hydrogen-bond donors (Lipinski definition) is 2. The summed E-state index contributed by atoms with van der Waals surface area (Å²) in [6.45, 7) is 3.91. The molecule has 0 saturated heterocycles. The first-order valence-electron chi connectivity index (χ1n) is 9.33. The van der Waals surface area contributed by atoms with E-state index in [9.17, 15) is 4.79 Å². The molecule has 0 atom stereocenters. The molecule has 2 aromatic carbocycles. The molecule has 152 valence electrons. The van der Waals surface area contributed by atoms with Crippen LogP contribution in [0.4, 0.5) is 5.82 Å². The SMILES string of the molecule is Cc1ccc(-n2nc(C)cc2NC(=O)CSc2nnc(-c3ccccc3)n2N)cc1. The highest BCUT2D eigenvalue weighted by Crippen LogP contribution is 2.22. The number of hydrogen-bond acceptors (Lipinski definition) is 6. The molecular formula is C21H21N7OS. The van der Waals surface area contributed by atoms with Crippen LogP contribution in [0.3, 0.4) is 0 Å². The fraction of sp³-hybridized carbons (Fsp3) is 0.143. The molecule has 2 heterocycles. The summed E-state index contributed by atoms with van der Waals surface area (Å²) in [7, 11) is 0. The van der Waals surface area contributed by atoms with E-state index in [4.69, 9.17) is 5.84 Å². The summed E-state index contributed by atoms with van der Waals surface area (Å²) < 4.78 is 3.12. The van der Waals surface area contributed by atoms with Crippen molar-refractivity contribution in [3.05, 3.63) is 71.9 Å². The van der Waals surface area contributed by atoms with Gasteiger partial charge in [-0.3, -0.25) is 4.79 Å². The lowest BCUT2D eigenvalue weighted by molar-refractivity contribution is -0.113. The molecule has 4 rings (SSSR count). The summed E-state index contributed by atoms with van der Waals surface area (Å²) in [6, 6.07) is 19.3. The molecule has 0 spiro atoms. The Kier molecular flexibility index (Phi) is 5.53. The molecule has 1 amide bonds. The zero-order chi connectivity index (χ0) is 21.1. The topological polar surface area (TPSA) is 104 Å². The van der Waals surface area contributed by atoms with Gasteiger partial charge in [0.2, 0.25) is 11.1 Å². The molecule has 0 aliphatic carbocycles. The van der Waals surface area contributed by atoms with Gasteiger partial charge >= 0.3 is 0 Å². The number of nitrogens with two attached hydrogens (primary N) is 1. The first-order chi connectivity index (χ1) is 14.5. The number of benzene rings is 2. The normalized spacial score (nSPS) is 10.9. The smallest absolute Gasteiger partial charge is 0.236 e. The summed E-state index contributed by atoms with van der Waals surface area (Å²) in [5, 5.41) is 16.1. The van der Waals surface area contributed by atoms with Crippen molar-refractivity contribution in [3.8, 4) is 17.1 Å². The van der Waals surface area contributed by atoms with Crippen LogP contribution in [0.25, 0.3) is 17.1 Å². The summed E-state index contributed by atoms with van der Waals surface area (Å²) in [6.07, 6.45) is 0. The van der Waals surface area contributed by atoms with Crippen molar-refractivity contribution in [2.24, 2.45) is 0 Å². The first kappa shape index (κ1) is 19.7. The van der Waals surface area contributed by atoms with Gasteiger partial charge < -0.3 is 11.2 Å². The van der Waals surface area contributed by atoms with Crippen LogP contribution in [0, 0.1) is 13.8 Å². The van der Waals surface area contributed by atoms with Gasteiger partial charge in [-0.2, -0.15) is 5.10 Å². The monoisotopic (exact) mass is 419 g/mol. The molecule has 0 unspecified atom stereocenters. The minimum absolute atomic E-state index is 0.141. The van der Waals surface area contributed by atoms with Gasteiger partial charge in [0.1, 0.15) is 5.82 Å². The molecule has 4 aromatic rings. The third-order valence-corrected chi connectivity index (χ3v) is 5.35. The van der Waals surface area contributed by atoms with Crippen molar-refractivity contribution in [1.82, 2.24) is 24.7 Å². The fourth-order valence-electron chi connectivity index (χ4n) is 2.94. The Bertz CT molecular complexity index is 1170. The maximum absolute atomic E-state index is 12.5. The van der Waals surface area contributed by atoms with Gasteiger partial charge in [-0.25, -0.2) is 9.36 Å². The largest absolute Gasteiger partial charge is 0.335 e. The second kappa shape index (κ2) is 8.42. The van der Waals surface area contributed by atoms with E-state index in [0.717, 1.165) is 22.5 Å². The average Bonchev–Trinajstić information content (AvgIpc) is 3.29. The van der Waals surface area contributed by atoms with E-state index in [1.807, 2.05) is 74.5 Å². The number of nitrogens with one attached hydrogen (secondary N) is 1. The molecule has 2 aromatic heterocycles. The number of nitrogen functional groups attached to an aromatic ring is 1. The van der Waals surface area contributed by atoms with Gasteiger partial charge in [-0.15, -0.1) is 10.2 Å². The van der Waals surface area contributed by atoms with E-state index in [0.29, 0.717) is 16.8 Å². The van der Waals surface area contributed by atoms with E-state index < -0.39 is 0 Å². The lowest BCUT2D eigenvalue weighted by Crippen LogP contribution is -2.18. The Hall–Kier alpha value is -3.59. The number of rotatable bonds is 6. The van der Waals surface area contributed by atoms with E-state index in [1.165, 1.54) is 16.4 Å². The lowest BCUT2D eigenvalue weighted by atomic mass is 10.2. The summed E-state index contributed by atoms with van der Waals surface area (Å²) in [4.78, 5) is 12.5. The first-order valence-corrected chi connectivity index (χ1v) is 10.3. The van der Waals surface area contributed by atoms with Crippen LogP contribution in [0.1, 0.15) is 11.3 Å². The predicted octanol–water partition coefficient (Wildman–Crippen LogP) is 3.19. The van der Waals surface area contributed by atoms with Gasteiger partial charge in [0.25, 0.3) is 0 Å². The third kappa shape index (κ3) is 4.20. The molecule has 0 aliphatic rings. The molecule has 3 N–H and O–H groups in total. The number of carbonyl (C=O) groups is 1. The number of aromatic nitrogens is 5.